The second-order valence-electron chi connectivity index (χ2n) is 6.69. The summed E-state index contributed by atoms with van der Waals surface area (Å²) >= 11 is 2.12. The van der Waals surface area contributed by atoms with E-state index in [4.69, 9.17) is 4.74 Å². The molecule has 2 aromatic rings. The largest absolute Gasteiger partial charge is 0.444 e. The minimum Gasteiger partial charge on any atom is -0.444 e. The monoisotopic (exact) mass is 478 g/mol. The number of ether oxygens (including phenoxy) is 1. The number of hydrogen-bond donors (Lipinski definition) is 0. The lowest BCUT2D eigenvalue weighted by Crippen LogP contribution is -2.60. The zero-order chi connectivity index (χ0) is 19.4. The van der Waals surface area contributed by atoms with Crippen LogP contribution in [0.1, 0.15) is 31.0 Å². The first-order valence-electron chi connectivity index (χ1n) is 8.96. The molecule has 0 unspecified atom stereocenters. The van der Waals surface area contributed by atoms with Gasteiger partial charge in [0.2, 0.25) is 5.91 Å². The van der Waals surface area contributed by atoms with Gasteiger partial charge in [-0.3, -0.25) is 9.69 Å². The third kappa shape index (κ3) is 4.43. The van der Waals surface area contributed by atoms with Crippen molar-refractivity contribution in [1.82, 2.24) is 9.80 Å². The number of hydrogen-bond acceptors (Lipinski definition) is 3. The zero-order valence-electron chi connectivity index (χ0n) is 15.4. The number of alkyl halides is 1. The summed E-state index contributed by atoms with van der Waals surface area (Å²) in [6, 6.07) is 19.1. The molecule has 0 spiro atoms. The second-order valence-corrected chi connectivity index (χ2v) is 8.03. The van der Waals surface area contributed by atoms with Gasteiger partial charge >= 0.3 is 6.09 Å². The highest BCUT2D eigenvalue weighted by atomic mass is 127. The topological polar surface area (TPSA) is 49.9 Å². The molecular weight excluding hydrogens is 455 g/mol. The number of rotatable bonds is 4. The van der Waals surface area contributed by atoms with Crippen molar-refractivity contribution < 1.29 is 14.3 Å². The Bertz CT molecular complexity index is 785. The molecular formula is C21H23IN2O3. The van der Waals surface area contributed by atoms with Crippen molar-refractivity contribution in [3.8, 4) is 0 Å². The van der Waals surface area contributed by atoms with Crippen molar-refractivity contribution in [1.29, 1.82) is 0 Å². The fraction of sp³-hybridized carbons (Fsp3) is 0.333. The molecule has 1 fully saturated rings. The van der Waals surface area contributed by atoms with Crippen molar-refractivity contribution in [3.05, 3.63) is 71.8 Å². The van der Waals surface area contributed by atoms with Crippen molar-refractivity contribution in [2.45, 2.75) is 36.5 Å². The molecule has 0 N–H and O–H groups in total. The predicted molar refractivity (Wildman–Crippen MR) is 112 cm³/mol. The van der Waals surface area contributed by atoms with Gasteiger partial charge in [-0.1, -0.05) is 83.3 Å². The van der Waals surface area contributed by atoms with Gasteiger partial charge in [0.1, 0.15) is 10.5 Å². The zero-order valence-corrected chi connectivity index (χ0v) is 17.6. The molecule has 3 rings (SSSR count). The molecule has 2 aromatic carbocycles. The van der Waals surface area contributed by atoms with Gasteiger partial charge in [-0.15, -0.1) is 0 Å². The van der Waals surface area contributed by atoms with Crippen molar-refractivity contribution >= 4 is 34.6 Å². The van der Waals surface area contributed by atoms with E-state index in [0.29, 0.717) is 0 Å². The van der Waals surface area contributed by atoms with Gasteiger partial charge in [0, 0.05) is 0 Å². The smallest absolute Gasteiger partial charge is 0.411 e. The highest BCUT2D eigenvalue weighted by molar-refractivity contribution is 14.1. The molecule has 1 saturated heterocycles. The summed E-state index contributed by atoms with van der Waals surface area (Å²) in [4.78, 5) is 28.9. The maximum Gasteiger partial charge on any atom is 0.411 e. The van der Waals surface area contributed by atoms with Crippen LogP contribution in [-0.4, -0.2) is 38.4 Å². The van der Waals surface area contributed by atoms with Gasteiger partial charge in [0.25, 0.3) is 0 Å². The van der Waals surface area contributed by atoms with Crippen LogP contribution >= 0.6 is 22.6 Å². The molecule has 0 radical (unpaired) electrons. The summed E-state index contributed by atoms with van der Waals surface area (Å²) in [5.41, 5.74) is 1.98. The lowest BCUT2D eigenvalue weighted by atomic mass is 10.0. The summed E-state index contributed by atoms with van der Waals surface area (Å²) in [5.74, 6) is 0.0477. The number of nitrogens with zero attached hydrogens (tertiary/aromatic N) is 2. The van der Waals surface area contributed by atoms with Crippen LogP contribution in [0.5, 0.6) is 0 Å². The molecule has 6 heteroatoms. The summed E-state index contributed by atoms with van der Waals surface area (Å²) in [6.45, 7) is 4.32. The molecule has 0 aliphatic carbocycles. The third-order valence-electron chi connectivity index (χ3n) is 4.93. The number of halogens is 1. The molecule has 0 saturated carbocycles. The van der Waals surface area contributed by atoms with Gasteiger partial charge in [0.05, 0.1) is 18.8 Å². The van der Waals surface area contributed by atoms with Gasteiger partial charge in [-0.25, -0.2) is 4.79 Å². The SMILES string of the molecule is C[C@@H](c1ccccc1)N1CN(C(=O)OCc2ccccc2)[C@@H](C)[C@H](I)C1=O. The summed E-state index contributed by atoms with van der Waals surface area (Å²) in [6.07, 6.45) is -0.397. The first-order chi connectivity index (χ1) is 13.0. The van der Waals surface area contributed by atoms with Crippen LogP contribution in [0, 0.1) is 0 Å². The Morgan fingerprint density at radius 1 is 1.15 bits per heavy atom. The Balaban J connectivity index is 1.72. The number of amides is 2. The molecule has 27 heavy (non-hydrogen) atoms. The molecule has 1 aliphatic rings. The molecule has 1 heterocycles. The maximum atomic E-state index is 12.8. The standard InChI is InChI=1S/C21H23IN2O3/c1-15(18-11-7-4-8-12-18)23-14-24(16(2)19(22)20(23)25)21(26)27-13-17-9-5-3-6-10-17/h3-12,15-16,19H,13-14H2,1-2H3/t15-,16-,19-/m0/s1. The first kappa shape index (κ1) is 19.7. The van der Waals surface area contributed by atoms with E-state index in [-0.39, 0.29) is 35.2 Å². The van der Waals surface area contributed by atoms with E-state index in [1.54, 1.807) is 9.80 Å². The van der Waals surface area contributed by atoms with Crippen LogP contribution in [0.4, 0.5) is 4.79 Å². The van der Waals surface area contributed by atoms with Crippen molar-refractivity contribution in [2.75, 3.05) is 6.67 Å². The minimum atomic E-state index is -0.397. The Morgan fingerprint density at radius 2 is 1.74 bits per heavy atom. The lowest BCUT2D eigenvalue weighted by molar-refractivity contribution is -0.140. The average Bonchev–Trinajstić information content (AvgIpc) is 2.71. The molecule has 142 valence electrons. The lowest BCUT2D eigenvalue weighted by Gasteiger charge is -2.44. The van der Waals surface area contributed by atoms with Crippen LogP contribution in [-0.2, 0) is 16.1 Å². The van der Waals surface area contributed by atoms with Crippen LogP contribution in [0.2, 0.25) is 0 Å². The second kappa shape index (κ2) is 8.73. The van der Waals surface area contributed by atoms with E-state index in [2.05, 4.69) is 22.6 Å². The van der Waals surface area contributed by atoms with Gasteiger partial charge in [0.15, 0.2) is 0 Å². The molecule has 0 aromatic heterocycles. The average molecular weight is 478 g/mol. The van der Waals surface area contributed by atoms with E-state index in [1.165, 1.54) is 0 Å². The molecule has 1 aliphatic heterocycles. The molecule has 2 amide bonds. The van der Waals surface area contributed by atoms with E-state index in [9.17, 15) is 9.59 Å². The maximum absolute atomic E-state index is 12.8. The van der Waals surface area contributed by atoms with Crippen LogP contribution in [0.25, 0.3) is 0 Å². The summed E-state index contributed by atoms with van der Waals surface area (Å²) < 4.78 is 5.19. The summed E-state index contributed by atoms with van der Waals surface area (Å²) in [5, 5.41) is 0. The summed E-state index contributed by atoms with van der Waals surface area (Å²) in [7, 11) is 0. The van der Waals surface area contributed by atoms with Crippen LogP contribution in [0.3, 0.4) is 0 Å². The Kier molecular flexibility index (Phi) is 6.36. The van der Waals surface area contributed by atoms with Crippen LogP contribution in [0.15, 0.2) is 60.7 Å². The van der Waals surface area contributed by atoms with Crippen molar-refractivity contribution in [2.24, 2.45) is 0 Å². The molecule has 3 atom stereocenters. The highest BCUT2D eigenvalue weighted by Crippen LogP contribution is 2.30. The number of carbonyl (C=O) groups excluding carboxylic acids is 2. The quantitative estimate of drug-likeness (QED) is 0.484. The third-order valence-corrected chi connectivity index (χ3v) is 6.50. The molecule has 5 nitrogen and oxygen atoms in total. The first-order valence-corrected chi connectivity index (χ1v) is 10.2. The molecule has 0 bridgehead atoms. The number of benzene rings is 2. The fourth-order valence-electron chi connectivity index (χ4n) is 3.14. The Labute approximate surface area is 173 Å². The van der Waals surface area contributed by atoms with Crippen molar-refractivity contribution in [3.63, 3.8) is 0 Å². The van der Waals surface area contributed by atoms with E-state index in [1.807, 2.05) is 74.5 Å². The van der Waals surface area contributed by atoms with E-state index < -0.39 is 6.09 Å². The number of carbonyl (C=O) groups is 2. The Hall–Kier alpha value is -2.09. The van der Waals surface area contributed by atoms with E-state index in [0.717, 1.165) is 11.1 Å². The van der Waals surface area contributed by atoms with Gasteiger partial charge in [-0.05, 0) is 25.0 Å². The van der Waals surface area contributed by atoms with Gasteiger partial charge < -0.3 is 9.64 Å². The van der Waals surface area contributed by atoms with Gasteiger partial charge in [-0.2, -0.15) is 0 Å². The normalized spacial score (nSPS) is 21.1. The minimum absolute atomic E-state index is 0.0477. The fourth-order valence-corrected chi connectivity index (χ4v) is 3.88. The highest BCUT2D eigenvalue weighted by Gasteiger charge is 2.42. The Morgan fingerprint density at radius 3 is 2.37 bits per heavy atom. The van der Waals surface area contributed by atoms with Crippen LogP contribution < -0.4 is 0 Å². The van der Waals surface area contributed by atoms with E-state index >= 15 is 0 Å². The predicted octanol–water partition coefficient (Wildman–Crippen LogP) is 4.38.